The van der Waals surface area contributed by atoms with E-state index in [0.717, 1.165) is 5.69 Å². The molecule has 2 heterocycles. The molecule has 0 spiro atoms. The van der Waals surface area contributed by atoms with Gasteiger partial charge in [0.05, 0.1) is 27.8 Å². The van der Waals surface area contributed by atoms with E-state index >= 15 is 0 Å². The number of hydrogen-bond donors (Lipinski definition) is 0. The number of fused-ring (bicyclic) bond motifs is 1. The zero-order chi connectivity index (χ0) is 18.4. The van der Waals surface area contributed by atoms with Crippen LogP contribution in [0.1, 0.15) is 29.0 Å². The molecule has 3 rings (SSSR count). The number of anilines is 1. The molecule has 0 bridgehead atoms. The van der Waals surface area contributed by atoms with E-state index in [0.29, 0.717) is 27.8 Å². The maximum Gasteiger partial charge on any atom is 0.277 e. The van der Waals surface area contributed by atoms with E-state index in [1.807, 2.05) is 6.92 Å². The number of rotatable bonds is 1. The van der Waals surface area contributed by atoms with Crippen LogP contribution >= 0.6 is 33.2 Å². The molecule has 1 amide bonds. The zero-order valence-corrected chi connectivity index (χ0v) is 16.8. The van der Waals surface area contributed by atoms with Crippen LogP contribution in [0.25, 0.3) is 0 Å². The first-order chi connectivity index (χ1) is 11.7. The Hall–Kier alpha value is -1.61. The summed E-state index contributed by atoms with van der Waals surface area (Å²) in [5.74, 6) is 3.02. The van der Waals surface area contributed by atoms with E-state index in [2.05, 4.69) is 35.0 Å². The van der Waals surface area contributed by atoms with E-state index in [1.165, 1.54) is 0 Å². The number of amides is 1. The fourth-order valence-corrected chi connectivity index (χ4v) is 3.35. The van der Waals surface area contributed by atoms with Crippen molar-refractivity contribution in [1.82, 2.24) is 9.78 Å². The molecule has 1 aliphatic heterocycles. The van der Waals surface area contributed by atoms with Gasteiger partial charge in [-0.05, 0) is 49.1 Å². The largest absolute Gasteiger partial charge is 0.305 e. The molecule has 1 atom stereocenters. The minimum absolute atomic E-state index is 0.0414. The van der Waals surface area contributed by atoms with Gasteiger partial charge in [0.2, 0.25) is 0 Å². The van der Waals surface area contributed by atoms with Gasteiger partial charge in [-0.15, -0.1) is 0 Å². The van der Waals surface area contributed by atoms with Gasteiger partial charge < -0.3 is 4.90 Å². The third kappa shape index (κ3) is 3.67. The summed E-state index contributed by atoms with van der Waals surface area (Å²) in [7, 11) is -0.989. The lowest BCUT2D eigenvalue weighted by atomic mass is 10.1. The molecule has 4 nitrogen and oxygen atoms in total. The molecule has 0 aliphatic carbocycles. The van der Waals surface area contributed by atoms with E-state index in [1.54, 1.807) is 34.0 Å². The van der Waals surface area contributed by atoms with Crippen LogP contribution in [0, 0.1) is 11.2 Å². The second-order valence-corrected chi connectivity index (χ2v) is 11.5. The molecule has 0 fully saturated rings. The van der Waals surface area contributed by atoms with Gasteiger partial charge in [-0.3, -0.25) is 9.48 Å². The molecule has 0 unspecified atom stereocenters. The van der Waals surface area contributed by atoms with Crippen LogP contribution in [-0.2, 0) is 0 Å². The summed E-state index contributed by atoms with van der Waals surface area (Å²) in [6.07, 6.45) is 8.02. The molecule has 0 N–H and O–H groups in total. The lowest BCUT2D eigenvalue weighted by Crippen LogP contribution is -2.43. The highest BCUT2D eigenvalue weighted by molar-refractivity contribution is 8.35. The van der Waals surface area contributed by atoms with Crippen molar-refractivity contribution in [2.24, 2.45) is 0 Å². The Labute approximate surface area is 159 Å². The Morgan fingerprint density at radius 2 is 1.96 bits per heavy atom. The number of halogens is 2. The summed E-state index contributed by atoms with van der Waals surface area (Å²) in [6, 6.07) is 5.26. The minimum atomic E-state index is -0.989. The Morgan fingerprint density at radius 1 is 1.24 bits per heavy atom. The van der Waals surface area contributed by atoms with Crippen LogP contribution in [-0.4, -0.2) is 41.0 Å². The Bertz CT molecular complexity index is 905. The Balaban J connectivity index is 2.04. The molecule has 1 aromatic carbocycles. The van der Waals surface area contributed by atoms with Crippen molar-refractivity contribution in [3.63, 3.8) is 0 Å². The van der Waals surface area contributed by atoms with Crippen LogP contribution < -0.4 is 4.90 Å². The first-order valence-electron chi connectivity index (χ1n) is 7.73. The molecular formula is C18H19Cl2N3OS. The van der Waals surface area contributed by atoms with Gasteiger partial charge in [-0.25, -0.2) is 0 Å². The second kappa shape index (κ2) is 6.60. The molecule has 0 radical (unpaired) electrons. The SMILES string of the molecule is C[C@H]1CN(c2ccc(Cl)c(Cl)c2)C(=O)c2c(C#CS(C)(C)C)cnn21. The average molecular weight is 396 g/mol. The van der Waals surface area contributed by atoms with E-state index in [4.69, 9.17) is 23.2 Å². The van der Waals surface area contributed by atoms with Gasteiger partial charge in [0.15, 0.2) is 0 Å². The van der Waals surface area contributed by atoms with Gasteiger partial charge in [0, 0.05) is 12.2 Å². The highest BCUT2D eigenvalue weighted by Crippen LogP contribution is 2.34. The van der Waals surface area contributed by atoms with Gasteiger partial charge in [-0.2, -0.15) is 15.1 Å². The summed E-state index contributed by atoms with van der Waals surface area (Å²) >= 11 is 12.1. The smallest absolute Gasteiger partial charge is 0.277 e. The summed E-state index contributed by atoms with van der Waals surface area (Å²) in [5.41, 5.74) is 1.92. The van der Waals surface area contributed by atoms with Crippen molar-refractivity contribution >= 4 is 44.8 Å². The number of aromatic nitrogens is 2. The predicted octanol–water partition coefficient (Wildman–Crippen LogP) is 4.41. The van der Waals surface area contributed by atoms with E-state index in [-0.39, 0.29) is 11.9 Å². The summed E-state index contributed by atoms with van der Waals surface area (Å²) in [4.78, 5) is 14.8. The molecule has 1 aromatic heterocycles. The summed E-state index contributed by atoms with van der Waals surface area (Å²) < 4.78 is 1.76. The Morgan fingerprint density at radius 3 is 2.60 bits per heavy atom. The predicted molar refractivity (Wildman–Crippen MR) is 107 cm³/mol. The Kier molecular flexibility index (Phi) is 4.80. The molecule has 1 aliphatic rings. The van der Waals surface area contributed by atoms with Crippen molar-refractivity contribution in [2.45, 2.75) is 13.0 Å². The number of nitrogens with zero attached hydrogens (tertiary/aromatic N) is 3. The summed E-state index contributed by atoms with van der Waals surface area (Å²) in [6.45, 7) is 2.54. The highest BCUT2D eigenvalue weighted by atomic mass is 35.5. The van der Waals surface area contributed by atoms with Crippen molar-refractivity contribution in [3.05, 3.63) is 45.7 Å². The lowest BCUT2D eigenvalue weighted by molar-refractivity contribution is 0.0953. The fourth-order valence-electron chi connectivity index (χ4n) is 2.64. The van der Waals surface area contributed by atoms with E-state index < -0.39 is 10.0 Å². The van der Waals surface area contributed by atoms with Gasteiger partial charge in [0.25, 0.3) is 5.91 Å². The monoisotopic (exact) mass is 395 g/mol. The maximum absolute atomic E-state index is 13.1. The molecule has 2 aromatic rings. The third-order valence-electron chi connectivity index (χ3n) is 3.81. The number of hydrogen-bond acceptors (Lipinski definition) is 2. The lowest BCUT2D eigenvalue weighted by Gasteiger charge is -2.32. The first-order valence-corrected chi connectivity index (χ1v) is 11.3. The third-order valence-corrected chi connectivity index (χ3v) is 5.27. The van der Waals surface area contributed by atoms with Gasteiger partial charge >= 0.3 is 0 Å². The summed E-state index contributed by atoms with van der Waals surface area (Å²) in [5, 5.41) is 8.52. The van der Waals surface area contributed by atoms with Crippen LogP contribution in [0.15, 0.2) is 24.4 Å². The molecule has 132 valence electrons. The molecule has 0 saturated heterocycles. The molecule has 0 saturated carbocycles. The van der Waals surface area contributed by atoms with Gasteiger partial charge in [-0.1, -0.05) is 29.1 Å². The van der Waals surface area contributed by atoms with Crippen LogP contribution in [0.3, 0.4) is 0 Å². The topological polar surface area (TPSA) is 38.1 Å². The highest BCUT2D eigenvalue weighted by Gasteiger charge is 2.33. The second-order valence-electron chi connectivity index (χ2n) is 6.78. The van der Waals surface area contributed by atoms with Crippen LogP contribution in [0.2, 0.25) is 10.0 Å². The average Bonchev–Trinajstić information content (AvgIpc) is 2.96. The minimum Gasteiger partial charge on any atom is -0.305 e. The fraction of sp³-hybridized carbons (Fsp3) is 0.333. The number of carbonyl (C=O) groups is 1. The molecule has 7 heteroatoms. The normalized spacial score (nSPS) is 17.8. The van der Waals surface area contributed by atoms with Gasteiger partial charge in [0.1, 0.15) is 5.69 Å². The van der Waals surface area contributed by atoms with E-state index in [9.17, 15) is 4.79 Å². The van der Waals surface area contributed by atoms with Crippen LogP contribution in [0.5, 0.6) is 0 Å². The van der Waals surface area contributed by atoms with Crippen molar-refractivity contribution in [3.8, 4) is 11.2 Å². The standard InChI is InChI=1S/C18H19Cl2N3OS/c1-12-11-22(14-5-6-15(19)16(20)9-14)18(24)17-13(10-21-23(12)17)7-8-25(2,3)4/h5-6,9-10,12H,11H2,1-4H3/t12-/m0/s1. The number of carbonyl (C=O) groups excluding carboxylic acids is 1. The van der Waals surface area contributed by atoms with Crippen molar-refractivity contribution < 1.29 is 4.79 Å². The first kappa shape index (κ1) is 18.2. The molecule has 25 heavy (non-hydrogen) atoms. The molecular weight excluding hydrogens is 377 g/mol. The van der Waals surface area contributed by atoms with Crippen molar-refractivity contribution in [2.75, 3.05) is 30.2 Å². The quantitative estimate of drug-likeness (QED) is 0.670. The van der Waals surface area contributed by atoms with Crippen LogP contribution in [0.4, 0.5) is 5.69 Å². The maximum atomic E-state index is 13.1. The number of benzene rings is 1. The van der Waals surface area contributed by atoms with Crippen molar-refractivity contribution in [1.29, 1.82) is 0 Å². The zero-order valence-electron chi connectivity index (χ0n) is 14.5.